The van der Waals surface area contributed by atoms with Crippen LogP contribution in [-0.2, 0) is 0 Å². The van der Waals surface area contributed by atoms with Crippen molar-refractivity contribution in [1.29, 1.82) is 0 Å². The van der Waals surface area contributed by atoms with Crippen molar-refractivity contribution in [3.63, 3.8) is 0 Å². The second-order valence-corrected chi connectivity index (χ2v) is 2.27. The Bertz CT molecular complexity index is 391. The predicted molar refractivity (Wildman–Crippen MR) is 39.9 cm³/mol. The lowest BCUT2D eigenvalue weighted by molar-refractivity contribution is 0.876. The monoisotopic (exact) mass is 149 g/mol. The molecule has 0 atom stereocenters. The van der Waals surface area contributed by atoms with Crippen LogP contribution in [0.2, 0.25) is 0 Å². The van der Waals surface area contributed by atoms with Gasteiger partial charge >= 0.3 is 0 Å². The molecule has 0 saturated heterocycles. The van der Waals surface area contributed by atoms with Crippen LogP contribution in [0, 0.1) is 6.92 Å². The average molecular weight is 149 g/mol. The highest BCUT2D eigenvalue weighted by Crippen LogP contribution is 2.07. The van der Waals surface area contributed by atoms with Gasteiger partial charge in [-0.3, -0.25) is 0 Å². The third-order valence-corrected chi connectivity index (χ3v) is 1.49. The van der Waals surface area contributed by atoms with E-state index in [0.29, 0.717) is 11.3 Å². The lowest BCUT2D eigenvalue weighted by Crippen LogP contribution is -1.96. The van der Waals surface area contributed by atoms with Crippen LogP contribution in [0.3, 0.4) is 0 Å². The Morgan fingerprint density at radius 3 is 3.00 bits per heavy atom. The van der Waals surface area contributed by atoms with Gasteiger partial charge in [-0.25, -0.2) is 0 Å². The number of hydrogen-bond acceptors (Lipinski definition) is 4. The molecule has 0 fully saturated rings. The molecule has 0 aliphatic heterocycles. The van der Waals surface area contributed by atoms with Crippen molar-refractivity contribution < 1.29 is 0 Å². The van der Waals surface area contributed by atoms with Crippen LogP contribution in [0.1, 0.15) is 5.82 Å². The van der Waals surface area contributed by atoms with Gasteiger partial charge < -0.3 is 5.73 Å². The van der Waals surface area contributed by atoms with Crippen molar-refractivity contribution in [3.05, 3.63) is 18.1 Å². The van der Waals surface area contributed by atoms with E-state index in [1.165, 1.54) is 0 Å². The molecule has 56 valence electrons. The highest BCUT2D eigenvalue weighted by Gasteiger charge is 2.02. The maximum atomic E-state index is 5.61. The van der Waals surface area contributed by atoms with E-state index in [0.717, 1.165) is 5.82 Å². The van der Waals surface area contributed by atoms with Gasteiger partial charge in [0, 0.05) is 0 Å². The van der Waals surface area contributed by atoms with Crippen LogP contribution >= 0.6 is 0 Å². The van der Waals surface area contributed by atoms with Crippen LogP contribution in [-0.4, -0.2) is 19.8 Å². The van der Waals surface area contributed by atoms with E-state index in [1.54, 1.807) is 16.8 Å². The predicted octanol–water partition coefficient (Wildman–Crippen LogP) is 0.0149. The summed E-state index contributed by atoms with van der Waals surface area (Å²) in [7, 11) is 0. The molecular formula is C6H7N5. The maximum Gasteiger partial charge on any atom is 0.200 e. The summed E-state index contributed by atoms with van der Waals surface area (Å²) < 4.78 is 1.61. The van der Waals surface area contributed by atoms with Crippen molar-refractivity contribution in [2.45, 2.75) is 6.92 Å². The van der Waals surface area contributed by atoms with E-state index in [9.17, 15) is 0 Å². The second kappa shape index (κ2) is 1.91. The molecule has 0 aliphatic carbocycles. The lowest BCUT2D eigenvalue weighted by atomic mass is 10.5. The van der Waals surface area contributed by atoms with Gasteiger partial charge in [-0.05, 0) is 13.0 Å². The van der Waals surface area contributed by atoms with Gasteiger partial charge in [-0.1, -0.05) is 0 Å². The first kappa shape index (κ1) is 6.09. The van der Waals surface area contributed by atoms with E-state index >= 15 is 0 Å². The summed E-state index contributed by atoms with van der Waals surface area (Å²) in [5, 5.41) is 11.7. The zero-order valence-corrected chi connectivity index (χ0v) is 6.02. The summed E-state index contributed by atoms with van der Waals surface area (Å²) in [6.45, 7) is 1.83. The van der Waals surface area contributed by atoms with E-state index in [2.05, 4.69) is 15.3 Å². The Morgan fingerprint density at radius 2 is 2.27 bits per heavy atom. The molecule has 2 heterocycles. The van der Waals surface area contributed by atoms with Crippen molar-refractivity contribution in [2.24, 2.45) is 0 Å². The number of fused-ring (bicyclic) bond motifs is 1. The lowest BCUT2D eigenvalue weighted by Gasteiger charge is -1.93. The molecule has 0 saturated carbocycles. The molecule has 0 spiro atoms. The zero-order valence-electron chi connectivity index (χ0n) is 6.02. The van der Waals surface area contributed by atoms with Crippen molar-refractivity contribution in [1.82, 2.24) is 19.8 Å². The van der Waals surface area contributed by atoms with Crippen LogP contribution in [0.15, 0.2) is 12.3 Å². The molecule has 0 radical (unpaired) electrons. The Kier molecular flexibility index (Phi) is 1.06. The summed E-state index contributed by atoms with van der Waals surface area (Å²) in [4.78, 5) is 0. The average Bonchev–Trinajstić information content (AvgIpc) is 2.35. The summed E-state index contributed by atoms with van der Waals surface area (Å²) in [6, 6.07) is 1.70. The molecule has 11 heavy (non-hydrogen) atoms. The number of aromatic nitrogens is 4. The molecule has 0 bridgehead atoms. The molecule has 5 heteroatoms. The first-order valence-corrected chi connectivity index (χ1v) is 3.21. The molecule has 0 amide bonds. The molecule has 0 aromatic carbocycles. The van der Waals surface area contributed by atoms with E-state index in [-0.39, 0.29) is 0 Å². The fourth-order valence-corrected chi connectivity index (χ4v) is 0.931. The largest absolute Gasteiger partial charge is 0.396 e. The van der Waals surface area contributed by atoms with Crippen LogP contribution in [0.5, 0.6) is 0 Å². The van der Waals surface area contributed by atoms with Gasteiger partial charge in [-0.15, -0.1) is 10.2 Å². The molecule has 2 rings (SSSR count). The fraction of sp³-hybridized carbons (Fsp3) is 0.167. The minimum absolute atomic E-state index is 0.598. The molecule has 5 nitrogen and oxygen atoms in total. The first-order chi connectivity index (χ1) is 5.29. The molecule has 0 unspecified atom stereocenters. The first-order valence-electron chi connectivity index (χ1n) is 3.21. The number of hydrogen-bond donors (Lipinski definition) is 1. The Balaban J connectivity index is 2.94. The third kappa shape index (κ3) is 0.739. The molecule has 2 aromatic rings. The maximum absolute atomic E-state index is 5.61. The molecule has 2 aromatic heterocycles. The minimum Gasteiger partial charge on any atom is -0.396 e. The number of aryl methyl sites for hydroxylation is 1. The quantitative estimate of drug-likeness (QED) is 0.573. The molecule has 0 aliphatic rings. The molecular weight excluding hydrogens is 142 g/mol. The minimum atomic E-state index is 0.598. The number of rotatable bonds is 0. The SMILES string of the molecule is Cc1nnc2c(N)ccnn12. The van der Waals surface area contributed by atoms with Crippen LogP contribution in [0.4, 0.5) is 5.69 Å². The van der Waals surface area contributed by atoms with Gasteiger partial charge in [0.25, 0.3) is 0 Å². The Hall–Kier alpha value is -1.65. The van der Waals surface area contributed by atoms with Crippen molar-refractivity contribution in [2.75, 3.05) is 5.73 Å². The standard InChI is InChI=1S/C6H7N5/c1-4-9-10-6-5(7)2-3-8-11(4)6/h2-3H,7H2,1H3. The third-order valence-electron chi connectivity index (χ3n) is 1.49. The highest BCUT2D eigenvalue weighted by atomic mass is 15.4. The van der Waals surface area contributed by atoms with Crippen molar-refractivity contribution >= 4 is 11.3 Å². The van der Waals surface area contributed by atoms with Crippen molar-refractivity contribution in [3.8, 4) is 0 Å². The zero-order chi connectivity index (χ0) is 7.84. The highest BCUT2D eigenvalue weighted by molar-refractivity contribution is 5.62. The topological polar surface area (TPSA) is 69.1 Å². The van der Waals surface area contributed by atoms with Gasteiger partial charge in [0.1, 0.15) is 0 Å². The van der Waals surface area contributed by atoms with Gasteiger partial charge in [0.2, 0.25) is 5.65 Å². The van der Waals surface area contributed by atoms with E-state index in [1.807, 2.05) is 6.92 Å². The Morgan fingerprint density at radius 1 is 1.45 bits per heavy atom. The van der Waals surface area contributed by atoms with Gasteiger partial charge in [-0.2, -0.15) is 9.61 Å². The smallest absolute Gasteiger partial charge is 0.200 e. The van der Waals surface area contributed by atoms with Gasteiger partial charge in [0.05, 0.1) is 11.9 Å². The van der Waals surface area contributed by atoms with E-state index < -0.39 is 0 Å². The number of nitrogen functional groups attached to an aromatic ring is 1. The number of anilines is 1. The second-order valence-electron chi connectivity index (χ2n) is 2.27. The fourth-order valence-electron chi connectivity index (χ4n) is 0.931. The Labute approximate surface area is 62.9 Å². The van der Waals surface area contributed by atoms with Crippen LogP contribution < -0.4 is 5.73 Å². The summed E-state index contributed by atoms with van der Waals surface area (Å²) in [5.41, 5.74) is 6.82. The normalized spacial score (nSPS) is 10.6. The van der Waals surface area contributed by atoms with E-state index in [4.69, 9.17) is 5.73 Å². The van der Waals surface area contributed by atoms with Crippen LogP contribution in [0.25, 0.3) is 5.65 Å². The summed E-state index contributed by atoms with van der Waals surface area (Å²) >= 11 is 0. The summed E-state index contributed by atoms with van der Waals surface area (Å²) in [6.07, 6.45) is 1.62. The summed E-state index contributed by atoms with van der Waals surface area (Å²) in [5.74, 6) is 0.743. The van der Waals surface area contributed by atoms with Gasteiger partial charge in [0.15, 0.2) is 5.82 Å². The number of nitrogens with zero attached hydrogens (tertiary/aromatic N) is 4. The number of nitrogens with two attached hydrogens (primary N) is 1. The molecule has 2 N–H and O–H groups in total.